The van der Waals surface area contributed by atoms with Crippen LogP contribution < -0.4 is 10.1 Å². The molecule has 1 N–H and O–H groups in total. The molecular weight excluding hydrogens is 367 g/mol. The number of hydrogen-bond acceptors (Lipinski definition) is 3. The third-order valence-electron chi connectivity index (χ3n) is 2.65. The summed E-state index contributed by atoms with van der Waals surface area (Å²) in [7, 11) is 0. The Labute approximate surface area is 133 Å². The van der Waals surface area contributed by atoms with Gasteiger partial charge < -0.3 is 10.1 Å². The molecule has 0 amide bonds. The number of halogens is 4. The summed E-state index contributed by atoms with van der Waals surface area (Å²) in [6, 6.07) is 6.74. The lowest BCUT2D eigenvalue weighted by Gasteiger charge is -2.09. The Morgan fingerprint density at radius 2 is 1.90 bits per heavy atom. The molecule has 0 aliphatic heterocycles. The van der Waals surface area contributed by atoms with Crippen molar-refractivity contribution in [1.29, 1.82) is 0 Å². The van der Waals surface area contributed by atoms with Crippen molar-refractivity contribution in [2.24, 2.45) is 0 Å². The summed E-state index contributed by atoms with van der Waals surface area (Å²) in [6.45, 7) is 1.76. The van der Waals surface area contributed by atoms with Crippen LogP contribution in [0.4, 0.5) is 13.2 Å². The van der Waals surface area contributed by atoms with Gasteiger partial charge in [-0.3, -0.25) is 0 Å². The fraction of sp³-hybridized carbons (Fsp3) is 0.286. The van der Waals surface area contributed by atoms with Crippen molar-refractivity contribution in [3.8, 4) is 5.75 Å². The number of rotatable bonds is 6. The lowest BCUT2D eigenvalue weighted by molar-refractivity contribution is -0.137. The lowest BCUT2D eigenvalue weighted by atomic mass is 10.2. The van der Waals surface area contributed by atoms with Gasteiger partial charge in [0.25, 0.3) is 0 Å². The van der Waals surface area contributed by atoms with Crippen molar-refractivity contribution < 1.29 is 17.9 Å². The Morgan fingerprint density at radius 3 is 2.48 bits per heavy atom. The molecule has 0 saturated heterocycles. The van der Waals surface area contributed by atoms with Crippen molar-refractivity contribution >= 4 is 27.3 Å². The molecule has 2 nitrogen and oxygen atoms in total. The Bertz CT molecular complexity index is 568. The molecule has 2 rings (SSSR count). The van der Waals surface area contributed by atoms with Gasteiger partial charge in [-0.25, -0.2) is 0 Å². The predicted molar refractivity (Wildman–Crippen MR) is 80.7 cm³/mol. The summed E-state index contributed by atoms with van der Waals surface area (Å²) in [6.07, 6.45) is -4.31. The summed E-state index contributed by atoms with van der Waals surface area (Å²) >= 11 is 5.03. The topological polar surface area (TPSA) is 21.3 Å². The van der Waals surface area contributed by atoms with Gasteiger partial charge in [-0.2, -0.15) is 13.2 Å². The highest BCUT2D eigenvalue weighted by atomic mass is 79.9. The summed E-state index contributed by atoms with van der Waals surface area (Å²) in [5.41, 5.74) is -0.670. The first-order chi connectivity index (χ1) is 9.95. The maximum atomic E-state index is 12.4. The molecule has 0 aliphatic rings. The third-order valence-corrected chi connectivity index (χ3v) is 4.35. The number of ether oxygens (including phenoxy) is 1. The molecule has 0 unspecified atom stereocenters. The number of hydrogen-bond donors (Lipinski definition) is 1. The van der Waals surface area contributed by atoms with E-state index in [1.807, 2.05) is 11.4 Å². The minimum Gasteiger partial charge on any atom is -0.492 e. The Balaban J connectivity index is 1.69. The van der Waals surface area contributed by atoms with Crippen LogP contribution in [0.3, 0.4) is 0 Å². The van der Waals surface area contributed by atoms with Gasteiger partial charge in [0.2, 0.25) is 0 Å². The highest BCUT2D eigenvalue weighted by Crippen LogP contribution is 2.30. The van der Waals surface area contributed by atoms with Crippen LogP contribution in [0.2, 0.25) is 0 Å². The SMILES string of the molecule is FC(F)(F)c1ccc(OCCNCc2cc(Br)cs2)cc1. The minimum atomic E-state index is -4.31. The van der Waals surface area contributed by atoms with E-state index in [0.717, 1.165) is 23.2 Å². The van der Waals surface area contributed by atoms with Gasteiger partial charge in [-0.1, -0.05) is 0 Å². The minimum absolute atomic E-state index is 0.401. The standard InChI is InChI=1S/C14H13BrF3NOS/c15-11-7-13(21-9-11)8-19-5-6-20-12-3-1-10(2-4-12)14(16,17)18/h1-4,7,9,19H,5-6,8H2. The molecule has 0 radical (unpaired) electrons. The fourth-order valence-corrected chi connectivity index (χ4v) is 3.06. The molecule has 21 heavy (non-hydrogen) atoms. The molecule has 0 fully saturated rings. The van der Waals surface area contributed by atoms with E-state index < -0.39 is 11.7 Å². The van der Waals surface area contributed by atoms with Gasteiger partial charge in [-0.15, -0.1) is 11.3 Å². The molecule has 114 valence electrons. The van der Waals surface area contributed by atoms with Gasteiger partial charge in [0.05, 0.1) is 5.56 Å². The van der Waals surface area contributed by atoms with Gasteiger partial charge in [0, 0.05) is 27.8 Å². The number of benzene rings is 1. The molecule has 7 heteroatoms. The molecule has 2 aromatic rings. The average Bonchev–Trinajstić information content (AvgIpc) is 2.84. The molecule has 1 aromatic carbocycles. The van der Waals surface area contributed by atoms with Gasteiger partial charge >= 0.3 is 6.18 Å². The first kappa shape index (κ1) is 16.3. The van der Waals surface area contributed by atoms with Crippen molar-refractivity contribution in [1.82, 2.24) is 5.32 Å². The van der Waals surface area contributed by atoms with Crippen LogP contribution in [0.1, 0.15) is 10.4 Å². The zero-order chi connectivity index (χ0) is 15.3. The highest BCUT2D eigenvalue weighted by Gasteiger charge is 2.29. The van der Waals surface area contributed by atoms with E-state index in [1.54, 1.807) is 11.3 Å². The van der Waals surface area contributed by atoms with E-state index >= 15 is 0 Å². The van der Waals surface area contributed by atoms with E-state index in [0.29, 0.717) is 18.9 Å². The summed E-state index contributed by atoms with van der Waals surface area (Å²) in [4.78, 5) is 1.21. The molecule has 1 aromatic heterocycles. The molecule has 0 saturated carbocycles. The first-order valence-corrected chi connectivity index (χ1v) is 7.86. The smallest absolute Gasteiger partial charge is 0.416 e. The van der Waals surface area contributed by atoms with Crippen LogP contribution in [-0.2, 0) is 12.7 Å². The summed E-state index contributed by atoms with van der Waals surface area (Å²) in [5, 5.41) is 5.22. The lowest BCUT2D eigenvalue weighted by Crippen LogP contribution is -2.20. The van der Waals surface area contributed by atoms with Crippen molar-refractivity contribution in [3.05, 3.63) is 50.6 Å². The van der Waals surface area contributed by atoms with E-state index in [2.05, 4.69) is 21.2 Å². The molecular formula is C14H13BrF3NOS. The van der Waals surface area contributed by atoms with Crippen molar-refractivity contribution in [2.75, 3.05) is 13.2 Å². The summed E-state index contributed by atoms with van der Waals surface area (Å²) < 4.78 is 43.6. The quantitative estimate of drug-likeness (QED) is 0.734. The monoisotopic (exact) mass is 379 g/mol. The second kappa shape index (κ2) is 7.29. The van der Waals surface area contributed by atoms with E-state index in [1.165, 1.54) is 17.0 Å². The van der Waals surface area contributed by atoms with E-state index in [-0.39, 0.29) is 0 Å². The van der Waals surface area contributed by atoms with Gasteiger partial charge in [-0.05, 0) is 46.3 Å². The summed E-state index contributed by atoms with van der Waals surface area (Å²) in [5.74, 6) is 0.434. The number of nitrogens with one attached hydrogen (secondary N) is 1. The van der Waals surface area contributed by atoms with Crippen LogP contribution >= 0.6 is 27.3 Å². The highest BCUT2D eigenvalue weighted by molar-refractivity contribution is 9.10. The normalized spacial score (nSPS) is 11.6. The predicted octanol–water partition coefficient (Wildman–Crippen LogP) is 4.70. The van der Waals surface area contributed by atoms with Crippen LogP contribution in [0.25, 0.3) is 0 Å². The van der Waals surface area contributed by atoms with Crippen LogP contribution in [-0.4, -0.2) is 13.2 Å². The van der Waals surface area contributed by atoms with Crippen molar-refractivity contribution in [3.63, 3.8) is 0 Å². The molecule has 0 bridgehead atoms. The zero-order valence-electron chi connectivity index (χ0n) is 10.9. The molecule has 1 heterocycles. The van der Waals surface area contributed by atoms with Crippen molar-refractivity contribution in [2.45, 2.75) is 12.7 Å². The second-order valence-electron chi connectivity index (χ2n) is 4.28. The van der Waals surface area contributed by atoms with E-state index in [9.17, 15) is 13.2 Å². The molecule has 0 spiro atoms. The second-order valence-corrected chi connectivity index (χ2v) is 6.19. The Morgan fingerprint density at radius 1 is 1.19 bits per heavy atom. The maximum Gasteiger partial charge on any atom is 0.416 e. The Kier molecular flexibility index (Phi) is 5.66. The Hall–Kier alpha value is -1.05. The zero-order valence-corrected chi connectivity index (χ0v) is 13.3. The average molecular weight is 380 g/mol. The third kappa shape index (κ3) is 5.33. The number of alkyl halides is 3. The van der Waals surface area contributed by atoms with E-state index in [4.69, 9.17) is 4.74 Å². The van der Waals surface area contributed by atoms with Crippen LogP contribution in [0.15, 0.2) is 40.2 Å². The molecule has 0 aliphatic carbocycles. The fourth-order valence-electron chi connectivity index (χ4n) is 1.64. The van der Waals surface area contributed by atoms with Crippen LogP contribution in [0, 0.1) is 0 Å². The maximum absolute atomic E-state index is 12.4. The van der Waals surface area contributed by atoms with Crippen LogP contribution in [0.5, 0.6) is 5.75 Å². The number of thiophene rings is 1. The van der Waals surface area contributed by atoms with Gasteiger partial charge in [0.1, 0.15) is 12.4 Å². The largest absolute Gasteiger partial charge is 0.492 e. The molecule has 0 atom stereocenters. The first-order valence-electron chi connectivity index (χ1n) is 6.19. The van der Waals surface area contributed by atoms with Gasteiger partial charge in [0.15, 0.2) is 0 Å².